The molecular formula is C12H3F14I. The van der Waals surface area contributed by atoms with Gasteiger partial charge in [0.25, 0.3) is 0 Å². The van der Waals surface area contributed by atoms with E-state index in [2.05, 4.69) is 0 Å². The van der Waals surface area contributed by atoms with Gasteiger partial charge in [-0.05, 0) is 40.8 Å². The van der Waals surface area contributed by atoms with E-state index in [0.29, 0.717) is 0 Å². The maximum Gasteiger partial charge on any atom is 0.458 e. The molecular weight excluding hydrogens is 537 g/mol. The van der Waals surface area contributed by atoms with E-state index in [-0.39, 0.29) is 12.1 Å². The first-order chi connectivity index (χ1) is 11.6. The molecule has 0 saturated carbocycles. The molecule has 0 N–H and O–H groups in total. The van der Waals surface area contributed by atoms with Crippen molar-refractivity contribution in [3.8, 4) is 0 Å². The second-order valence-electron chi connectivity index (χ2n) is 5.03. The van der Waals surface area contributed by atoms with Crippen molar-refractivity contribution in [2.45, 2.75) is 36.0 Å². The topological polar surface area (TPSA) is 0 Å². The van der Waals surface area contributed by atoms with Gasteiger partial charge in [0, 0.05) is 14.7 Å². The molecule has 1 aromatic rings. The van der Waals surface area contributed by atoms with Crippen molar-refractivity contribution in [1.29, 1.82) is 0 Å². The van der Waals surface area contributed by atoms with Crippen LogP contribution in [0, 0.1) is 3.57 Å². The summed E-state index contributed by atoms with van der Waals surface area (Å²) in [6.07, 6.45) is -20.6. The first-order valence-corrected chi connectivity index (χ1v) is 7.15. The number of hydrogen-bond donors (Lipinski definition) is 0. The highest BCUT2D eigenvalue weighted by molar-refractivity contribution is 14.1. The van der Waals surface area contributed by atoms with Gasteiger partial charge in [0.15, 0.2) is 0 Å². The third-order valence-electron chi connectivity index (χ3n) is 3.19. The summed E-state index contributed by atoms with van der Waals surface area (Å²) >= 11 is 0.756. The molecule has 0 aliphatic rings. The quantitative estimate of drug-likeness (QED) is 0.290. The van der Waals surface area contributed by atoms with Crippen molar-refractivity contribution in [2.75, 3.05) is 0 Å². The molecule has 0 aromatic heterocycles. The van der Waals surface area contributed by atoms with E-state index in [1.165, 1.54) is 0 Å². The third kappa shape index (κ3) is 3.79. The molecule has 0 aliphatic carbocycles. The molecule has 1 unspecified atom stereocenters. The Morgan fingerprint density at radius 2 is 0.926 bits per heavy atom. The lowest BCUT2D eigenvalue weighted by atomic mass is 9.86. The Balaban J connectivity index is 3.89. The molecule has 0 bridgehead atoms. The molecule has 0 spiro atoms. The van der Waals surface area contributed by atoms with Crippen LogP contribution in [0.15, 0.2) is 18.2 Å². The molecule has 0 nitrogen and oxygen atoms in total. The van der Waals surface area contributed by atoms with Crippen LogP contribution in [0.2, 0.25) is 0 Å². The van der Waals surface area contributed by atoms with E-state index in [4.69, 9.17) is 0 Å². The smallest absolute Gasteiger partial charge is 0.221 e. The van der Waals surface area contributed by atoms with Crippen LogP contribution in [0.4, 0.5) is 61.5 Å². The summed E-state index contributed by atoms with van der Waals surface area (Å²) < 4.78 is 179. The highest BCUT2D eigenvalue weighted by Crippen LogP contribution is 2.59. The summed E-state index contributed by atoms with van der Waals surface area (Å²) in [6, 6.07) is -1.51. The van der Waals surface area contributed by atoms with E-state index < -0.39 is 56.8 Å². The maximum atomic E-state index is 14.2. The molecule has 156 valence electrons. The van der Waals surface area contributed by atoms with Gasteiger partial charge >= 0.3 is 36.0 Å². The molecule has 15 heteroatoms. The molecule has 0 radical (unpaired) electrons. The molecule has 1 atom stereocenters. The minimum Gasteiger partial charge on any atom is -0.221 e. The predicted octanol–water partition coefficient (Wildman–Crippen LogP) is 6.87. The van der Waals surface area contributed by atoms with Crippen LogP contribution in [-0.4, -0.2) is 24.5 Å². The summed E-state index contributed by atoms with van der Waals surface area (Å²) in [4.78, 5) is 0. The number of halogens is 15. The maximum absolute atomic E-state index is 14.2. The normalized spacial score (nSPS) is 17.0. The number of benzene rings is 1. The second kappa shape index (κ2) is 6.50. The minimum atomic E-state index is -7.20. The molecule has 27 heavy (non-hydrogen) atoms. The first-order valence-electron chi connectivity index (χ1n) is 6.07. The minimum absolute atomic E-state index is 0.139. The Labute approximate surface area is 153 Å². The van der Waals surface area contributed by atoms with E-state index in [9.17, 15) is 61.5 Å². The molecule has 0 amide bonds. The zero-order valence-corrected chi connectivity index (χ0v) is 14.1. The second-order valence-corrected chi connectivity index (χ2v) is 6.27. The van der Waals surface area contributed by atoms with E-state index in [0.717, 1.165) is 22.6 Å². The SMILES string of the molecule is FC(F)(F)C(F)(F)c1cc(I)cc(C(F)(C(F)(F)F)C(F)(F)C(F)(F)F)c1. The average Bonchev–Trinajstić information content (AvgIpc) is 2.41. The summed E-state index contributed by atoms with van der Waals surface area (Å²) in [5, 5.41) is 0. The zero-order valence-electron chi connectivity index (χ0n) is 11.9. The van der Waals surface area contributed by atoms with Gasteiger partial charge in [0.2, 0.25) is 0 Å². The molecule has 0 saturated heterocycles. The Kier molecular flexibility index (Phi) is 5.78. The van der Waals surface area contributed by atoms with Gasteiger partial charge < -0.3 is 0 Å². The van der Waals surface area contributed by atoms with E-state index in [1.54, 1.807) is 0 Å². The molecule has 1 rings (SSSR count). The monoisotopic (exact) mass is 540 g/mol. The van der Waals surface area contributed by atoms with Gasteiger partial charge in [-0.25, -0.2) is 4.39 Å². The van der Waals surface area contributed by atoms with Crippen molar-refractivity contribution in [3.63, 3.8) is 0 Å². The van der Waals surface area contributed by atoms with Gasteiger partial charge in [0.05, 0.1) is 0 Å². The fourth-order valence-corrected chi connectivity index (χ4v) is 2.52. The molecule has 1 aromatic carbocycles. The van der Waals surface area contributed by atoms with Crippen LogP contribution in [0.3, 0.4) is 0 Å². The first kappa shape index (κ1) is 24.0. The van der Waals surface area contributed by atoms with Crippen LogP contribution in [-0.2, 0) is 11.6 Å². The Morgan fingerprint density at radius 1 is 0.519 bits per heavy atom. The largest absolute Gasteiger partial charge is 0.458 e. The number of alkyl halides is 14. The van der Waals surface area contributed by atoms with E-state index >= 15 is 0 Å². The summed E-state index contributed by atoms with van der Waals surface area (Å²) in [6.45, 7) is 0. The van der Waals surface area contributed by atoms with Gasteiger partial charge in [-0.3, -0.25) is 0 Å². The summed E-state index contributed by atoms with van der Waals surface area (Å²) in [5.41, 5.74) is -11.8. The van der Waals surface area contributed by atoms with Crippen molar-refractivity contribution >= 4 is 22.6 Å². The van der Waals surface area contributed by atoms with Gasteiger partial charge in [-0.1, -0.05) is 0 Å². The predicted molar refractivity (Wildman–Crippen MR) is 69.0 cm³/mol. The summed E-state index contributed by atoms with van der Waals surface area (Å²) in [5.74, 6) is -13.2. The lowest BCUT2D eigenvalue weighted by Crippen LogP contribution is -2.59. The fraction of sp³-hybridized carbons (Fsp3) is 0.500. The third-order valence-corrected chi connectivity index (χ3v) is 3.82. The summed E-state index contributed by atoms with van der Waals surface area (Å²) in [7, 11) is 0. The van der Waals surface area contributed by atoms with Crippen LogP contribution < -0.4 is 0 Å². The standard InChI is InChI=1S/C12H3F14I/c13-7(10(18,19)20,9(16,17)12(24,25)26)4-1-5(3-6(27)2-4)8(14,15)11(21,22)23/h1-3H. The molecule has 0 aliphatic heterocycles. The van der Waals surface area contributed by atoms with Gasteiger partial charge in [0.1, 0.15) is 0 Å². The Hall–Kier alpha value is -1.03. The highest BCUT2D eigenvalue weighted by Gasteiger charge is 2.82. The molecule has 0 fully saturated rings. The van der Waals surface area contributed by atoms with E-state index in [1.807, 2.05) is 0 Å². The van der Waals surface area contributed by atoms with Crippen LogP contribution in [0.25, 0.3) is 0 Å². The fourth-order valence-electron chi connectivity index (χ4n) is 1.85. The highest BCUT2D eigenvalue weighted by atomic mass is 127. The lowest BCUT2D eigenvalue weighted by Gasteiger charge is -2.36. The van der Waals surface area contributed by atoms with Crippen molar-refractivity contribution < 1.29 is 61.5 Å². The average molecular weight is 540 g/mol. The Bertz CT molecular complexity index is 698. The van der Waals surface area contributed by atoms with Crippen molar-refractivity contribution in [2.24, 2.45) is 0 Å². The van der Waals surface area contributed by atoms with Gasteiger partial charge in [-0.15, -0.1) is 0 Å². The number of rotatable bonds is 3. The zero-order chi connectivity index (χ0) is 21.9. The lowest BCUT2D eigenvalue weighted by molar-refractivity contribution is -0.389. The number of hydrogen-bond acceptors (Lipinski definition) is 0. The van der Waals surface area contributed by atoms with Crippen molar-refractivity contribution in [3.05, 3.63) is 32.9 Å². The van der Waals surface area contributed by atoms with Crippen LogP contribution in [0.5, 0.6) is 0 Å². The molecule has 0 heterocycles. The Morgan fingerprint density at radius 3 is 1.26 bits per heavy atom. The van der Waals surface area contributed by atoms with Crippen LogP contribution >= 0.6 is 22.6 Å². The van der Waals surface area contributed by atoms with Crippen LogP contribution in [0.1, 0.15) is 11.1 Å². The van der Waals surface area contributed by atoms with Crippen molar-refractivity contribution in [1.82, 2.24) is 0 Å². The van der Waals surface area contributed by atoms with Gasteiger partial charge in [-0.2, -0.15) is 57.1 Å².